The maximum absolute atomic E-state index is 13.3. The van der Waals surface area contributed by atoms with Crippen molar-refractivity contribution in [2.75, 3.05) is 13.2 Å². The molecule has 1 aliphatic carbocycles. The van der Waals surface area contributed by atoms with Gasteiger partial charge in [0.15, 0.2) is 6.61 Å². The molecule has 0 spiro atoms. The highest BCUT2D eigenvalue weighted by Crippen LogP contribution is 2.47. The predicted octanol–water partition coefficient (Wildman–Crippen LogP) is 3.47. The molecule has 0 aliphatic heterocycles. The summed E-state index contributed by atoms with van der Waals surface area (Å²) in [7, 11) is 0. The minimum Gasteiger partial charge on any atom is -0.462 e. The second kappa shape index (κ2) is 9.46. The molecule has 0 aromatic rings. The molecule has 6 nitrogen and oxygen atoms in total. The molecule has 162 valence electrons. The number of ether oxygens (including phenoxy) is 3. The number of hydrogen-bond acceptors (Lipinski definition) is 6. The number of esters is 3. The van der Waals surface area contributed by atoms with E-state index in [-0.39, 0.29) is 12.3 Å². The van der Waals surface area contributed by atoms with Crippen molar-refractivity contribution in [1.82, 2.24) is 0 Å². The van der Waals surface area contributed by atoms with Crippen molar-refractivity contribution in [1.29, 1.82) is 0 Å². The summed E-state index contributed by atoms with van der Waals surface area (Å²) in [5, 5.41) is 0. The number of rotatable bonds is 7. The van der Waals surface area contributed by atoms with E-state index in [1.807, 2.05) is 0 Å². The second-order valence-electron chi connectivity index (χ2n) is 6.27. The molecule has 28 heavy (non-hydrogen) atoms. The fraction of sp³-hybridized carbons (Fsp3) is 0.812. The molecule has 0 aromatic heterocycles. The molecule has 0 aromatic carbocycles. The average molecular weight is 422 g/mol. The fourth-order valence-electron chi connectivity index (χ4n) is 2.64. The Morgan fingerprint density at radius 3 is 1.86 bits per heavy atom. The number of hydrogen-bond donors (Lipinski definition) is 0. The third-order valence-electron chi connectivity index (χ3n) is 4.17. The van der Waals surface area contributed by atoms with Crippen LogP contribution in [0, 0.1) is 5.92 Å². The topological polar surface area (TPSA) is 78.9 Å². The third-order valence-corrected chi connectivity index (χ3v) is 4.17. The lowest BCUT2D eigenvalue weighted by Gasteiger charge is -2.34. The minimum absolute atomic E-state index is 0.277. The first-order valence-electron chi connectivity index (χ1n) is 8.53. The van der Waals surface area contributed by atoms with Crippen molar-refractivity contribution in [3.63, 3.8) is 0 Å². The molecule has 0 amide bonds. The van der Waals surface area contributed by atoms with Gasteiger partial charge < -0.3 is 14.2 Å². The van der Waals surface area contributed by atoms with Crippen LogP contribution >= 0.6 is 0 Å². The van der Waals surface area contributed by atoms with Crippen LogP contribution in [0.4, 0.5) is 26.3 Å². The zero-order valence-electron chi connectivity index (χ0n) is 15.0. The van der Waals surface area contributed by atoms with Gasteiger partial charge in [0.05, 0.1) is 6.61 Å². The van der Waals surface area contributed by atoms with Crippen LogP contribution in [0.25, 0.3) is 0 Å². The lowest BCUT2D eigenvalue weighted by atomic mass is 9.90. The van der Waals surface area contributed by atoms with Crippen LogP contribution in [0.2, 0.25) is 0 Å². The molecule has 0 heterocycles. The summed E-state index contributed by atoms with van der Waals surface area (Å²) >= 11 is 0. The maximum Gasteiger partial charge on any atom is 0.449 e. The molecule has 1 saturated carbocycles. The molecule has 0 bridgehead atoms. The Kier molecular flexibility index (Phi) is 8.12. The quantitative estimate of drug-likeness (QED) is 0.355. The Balaban J connectivity index is 3.03. The van der Waals surface area contributed by atoms with Gasteiger partial charge in [-0.2, -0.15) is 26.3 Å². The molecular weight excluding hydrogens is 402 g/mol. The van der Waals surface area contributed by atoms with E-state index in [9.17, 15) is 40.7 Å². The second-order valence-corrected chi connectivity index (χ2v) is 6.27. The van der Waals surface area contributed by atoms with E-state index in [0.717, 1.165) is 6.42 Å². The number of halogens is 6. The number of carbonyl (C=O) groups is 3. The molecule has 0 atom stereocenters. The van der Waals surface area contributed by atoms with Gasteiger partial charge in [-0.05, 0) is 18.8 Å². The molecule has 0 radical (unpaired) electrons. The van der Waals surface area contributed by atoms with Gasteiger partial charge in [0.2, 0.25) is 0 Å². The normalized spacial score (nSPS) is 16.4. The van der Waals surface area contributed by atoms with Gasteiger partial charge in [0, 0.05) is 6.42 Å². The van der Waals surface area contributed by atoms with Crippen LogP contribution < -0.4 is 0 Å². The van der Waals surface area contributed by atoms with Gasteiger partial charge in [0.1, 0.15) is 0 Å². The van der Waals surface area contributed by atoms with Gasteiger partial charge in [-0.15, -0.1) is 0 Å². The van der Waals surface area contributed by atoms with Crippen LogP contribution in [0.3, 0.4) is 0 Å². The fourth-order valence-corrected chi connectivity index (χ4v) is 2.64. The Hall–Kier alpha value is -2.01. The van der Waals surface area contributed by atoms with E-state index < -0.39 is 49.1 Å². The van der Waals surface area contributed by atoms with Gasteiger partial charge in [-0.25, -0.2) is 9.59 Å². The number of carbonyl (C=O) groups excluding carboxylic acids is 3. The highest BCUT2D eigenvalue weighted by atomic mass is 19.4. The summed E-state index contributed by atoms with van der Waals surface area (Å²) in [5.41, 5.74) is -5.51. The zero-order valence-corrected chi connectivity index (χ0v) is 15.0. The van der Waals surface area contributed by atoms with Gasteiger partial charge in [-0.3, -0.25) is 4.79 Å². The van der Waals surface area contributed by atoms with Crippen molar-refractivity contribution in [2.24, 2.45) is 5.92 Å². The third kappa shape index (κ3) is 5.74. The molecular formula is C16H20F6O6. The Morgan fingerprint density at radius 2 is 1.39 bits per heavy atom. The molecule has 1 fully saturated rings. The zero-order chi connectivity index (χ0) is 21.6. The lowest BCUT2D eigenvalue weighted by molar-refractivity contribution is -0.359. The highest BCUT2D eigenvalue weighted by molar-refractivity contribution is 5.86. The van der Waals surface area contributed by atoms with Crippen LogP contribution in [-0.2, 0) is 28.6 Å². The SMILES string of the molecule is CCC(=O)OCC(=O)OC(C(=O)OCC1CCCCC1)(C(F)(F)F)C(F)(F)F. The van der Waals surface area contributed by atoms with E-state index in [0.29, 0.717) is 25.7 Å². The molecule has 0 N–H and O–H groups in total. The van der Waals surface area contributed by atoms with Gasteiger partial charge >= 0.3 is 35.9 Å². The first-order chi connectivity index (χ1) is 12.8. The lowest BCUT2D eigenvalue weighted by Crippen LogP contribution is -2.65. The van der Waals surface area contributed by atoms with Crippen molar-refractivity contribution in [2.45, 2.75) is 63.4 Å². The maximum atomic E-state index is 13.3. The summed E-state index contributed by atoms with van der Waals surface area (Å²) in [5.74, 6) is -6.40. The Morgan fingerprint density at radius 1 is 0.857 bits per heavy atom. The van der Waals surface area contributed by atoms with E-state index in [2.05, 4.69) is 14.2 Å². The Labute approximate surface area is 156 Å². The predicted molar refractivity (Wildman–Crippen MR) is 79.7 cm³/mol. The first kappa shape index (κ1) is 24.0. The minimum atomic E-state index is -6.35. The van der Waals surface area contributed by atoms with Gasteiger partial charge in [0.25, 0.3) is 0 Å². The highest BCUT2D eigenvalue weighted by Gasteiger charge is 2.80. The van der Waals surface area contributed by atoms with Crippen LogP contribution in [-0.4, -0.2) is 49.1 Å². The summed E-state index contributed by atoms with van der Waals surface area (Å²) in [6.45, 7) is -0.891. The largest absolute Gasteiger partial charge is 0.462 e. The average Bonchev–Trinajstić information content (AvgIpc) is 2.60. The first-order valence-corrected chi connectivity index (χ1v) is 8.53. The molecule has 1 rings (SSSR count). The summed E-state index contributed by atoms with van der Waals surface area (Å²) in [6.07, 6.45) is -9.70. The van der Waals surface area contributed by atoms with E-state index in [1.54, 1.807) is 0 Å². The van der Waals surface area contributed by atoms with Crippen LogP contribution in [0.5, 0.6) is 0 Å². The van der Waals surface area contributed by atoms with E-state index in [4.69, 9.17) is 0 Å². The molecule has 1 aliphatic rings. The molecule has 12 heteroatoms. The van der Waals surface area contributed by atoms with Crippen molar-refractivity contribution >= 4 is 17.9 Å². The summed E-state index contributed by atoms with van der Waals surface area (Å²) < 4.78 is 91.8. The van der Waals surface area contributed by atoms with E-state index in [1.165, 1.54) is 6.92 Å². The Bertz CT molecular complexity index is 551. The smallest absolute Gasteiger partial charge is 0.449 e. The van der Waals surface area contributed by atoms with E-state index >= 15 is 0 Å². The van der Waals surface area contributed by atoms with Crippen molar-refractivity contribution in [3.8, 4) is 0 Å². The van der Waals surface area contributed by atoms with Gasteiger partial charge in [-0.1, -0.05) is 26.2 Å². The van der Waals surface area contributed by atoms with Crippen LogP contribution in [0.1, 0.15) is 45.4 Å². The molecule has 0 saturated heterocycles. The van der Waals surface area contributed by atoms with Crippen molar-refractivity contribution < 1.29 is 54.9 Å². The summed E-state index contributed by atoms with van der Waals surface area (Å²) in [6, 6.07) is 0. The molecule has 0 unspecified atom stereocenters. The monoisotopic (exact) mass is 422 g/mol. The standard InChI is InChI=1S/C16H20F6O6/c1-2-11(23)26-9-12(24)28-14(15(17,18)19,16(20,21)22)13(25)27-8-10-6-4-3-5-7-10/h10H,2-9H2,1H3. The number of alkyl halides is 6. The van der Waals surface area contributed by atoms with Crippen LogP contribution in [0.15, 0.2) is 0 Å². The summed E-state index contributed by atoms with van der Waals surface area (Å²) in [4.78, 5) is 34.3. The van der Waals surface area contributed by atoms with Crippen molar-refractivity contribution in [3.05, 3.63) is 0 Å².